The number of nitrogens with two attached hydrogens (primary N) is 2. The Morgan fingerprint density at radius 2 is 2.10 bits per heavy atom. The highest BCUT2D eigenvalue weighted by Crippen LogP contribution is 2.42. The van der Waals surface area contributed by atoms with Gasteiger partial charge in [-0.3, -0.25) is 10.4 Å². The standard InChI is InChI=1S/C22H26N6O/c1-26-13-17(12-23)15-2-3-19(24)18(10-15)21(25)16-4-7-27-20(11-16)28-8-9-29-22(14-28)5-6-22/h2-4,7,10-13,25H,5-6,8-9,14,23-24H2,1H3. The lowest BCUT2D eigenvalue weighted by Gasteiger charge is -2.34. The lowest BCUT2D eigenvalue weighted by atomic mass is 9.97. The van der Waals surface area contributed by atoms with Gasteiger partial charge in [0.1, 0.15) is 5.82 Å². The van der Waals surface area contributed by atoms with Crippen LogP contribution in [0.4, 0.5) is 11.5 Å². The van der Waals surface area contributed by atoms with Gasteiger partial charge in [0.2, 0.25) is 0 Å². The smallest absolute Gasteiger partial charge is 0.129 e. The minimum Gasteiger partial charge on any atom is -0.404 e. The topological polar surface area (TPSA) is 114 Å². The Balaban J connectivity index is 1.63. The van der Waals surface area contributed by atoms with Gasteiger partial charge in [0, 0.05) is 61.1 Å². The van der Waals surface area contributed by atoms with Gasteiger partial charge in [-0.25, -0.2) is 4.98 Å². The number of nitrogens with one attached hydrogen (secondary N) is 1. The molecule has 2 heterocycles. The van der Waals surface area contributed by atoms with Crippen LogP contribution in [0.5, 0.6) is 0 Å². The van der Waals surface area contributed by atoms with Crippen molar-refractivity contribution in [3.8, 4) is 0 Å². The van der Waals surface area contributed by atoms with Crippen molar-refractivity contribution in [2.24, 2.45) is 10.7 Å². The van der Waals surface area contributed by atoms with Gasteiger partial charge in [-0.15, -0.1) is 0 Å². The normalized spacial score (nSPS) is 18.4. The molecule has 0 unspecified atom stereocenters. The zero-order valence-electron chi connectivity index (χ0n) is 16.6. The predicted octanol–water partition coefficient (Wildman–Crippen LogP) is 2.45. The molecule has 29 heavy (non-hydrogen) atoms. The molecule has 5 N–H and O–H groups in total. The van der Waals surface area contributed by atoms with Crippen LogP contribution in [-0.2, 0) is 4.74 Å². The number of hydrogen-bond donors (Lipinski definition) is 3. The number of hydrogen-bond acceptors (Lipinski definition) is 7. The van der Waals surface area contributed by atoms with Crippen molar-refractivity contribution in [1.82, 2.24) is 4.98 Å². The molecule has 2 aromatic rings. The zero-order valence-corrected chi connectivity index (χ0v) is 16.6. The summed E-state index contributed by atoms with van der Waals surface area (Å²) < 4.78 is 5.90. The van der Waals surface area contributed by atoms with Crippen molar-refractivity contribution in [2.45, 2.75) is 18.4 Å². The van der Waals surface area contributed by atoms with Gasteiger partial charge < -0.3 is 21.1 Å². The van der Waals surface area contributed by atoms with Gasteiger partial charge in [-0.05, 0) is 42.7 Å². The number of morpholine rings is 1. The molecule has 1 saturated heterocycles. The minimum absolute atomic E-state index is 0.0218. The molecule has 1 saturated carbocycles. The van der Waals surface area contributed by atoms with Crippen LogP contribution >= 0.6 is 0 Å². The quantitative estimate of drug-likeness (QED) is 0.536. The highest BCUT2D eigenvalue weighted by Gasteiger charge is 2.47. The summed E-state index contributed by atoms with van der Waals surface area (Å²) in [7, 11) is 1.69. The van der Waals surface area contributed by atoms with Gasteiger partial charge in [-0.1, -0.05) is 6.07 Å². The number of nitrogen functional groups attached to an aromatic ring is 1. The molecule has 0 amide bonds. The molecule has 1 aliphatic heterocycles. The van der Waals surface area contributed by atoms with E-state index in [0.717, 1.165) is 48.4 Å². The van der Waals surface area contributed by atoms with Crippen LogP contribution in [0.1, 0.15) is 29.5 Å². The summed E-state index contributed by atoms with van der Waals surface area (Å²) in [5.41, 5.74) is 15.9. The number of allylic oxidation sites excluding steroid dienone is 1. The van der Waals surface area contributed by atoms with E-state index in [0.29, 0.717) is 23.6 Å². The minimum atomic E-state index is 0.0218. The van der Waals surface area contributed by atoms with Crippen molar-refractivity contribution in [3.63, 3.8) is 0 Å². The van der Waals surface area contributed by atoms with E-state index in [9.17, 15) is 0 Å². The number of rotatable bonds is 5. The molecular weight excluding hydrogens is 364 g/mol. The average molecular weight is 390 g/mol. The Labute approximate surface area is 170 Å². The molecule has 0 bridgehead atoms. The third-order valence-corrected chi connectivity index (χ3v) is 5.52. The second kappa shape index (κ2) is 7.67. The fraction of sp³-hybridized carbons (Fsp3) is 0.318. The Kier molecular flexibility index (Phi) is 5.07. The molecular formula is C22H26N6O. The molecule has 1 spiro atoms. The largest absolute Gasteiger partial charge is 0.404 e. The molecule has 0 radical (unpaired) electrons. The van der Waals surface area contributed by atoms with Gasteiger partial charge in [-0.2, -0.15) is 0 Å². The molecule has 1 aromatic heterocycles. The highest BCUT2D eigenvalue weighted by molar-refractivity contribution is 6.16. The van der Waals surface area contributed by atoms with Crippen LogP contribution in [0, 0.1) is 5.41 Å². The number of ether oxygens (including phenoxy) is 1. The number of nitrogens with zero attached hydrogens (tertiary/aromatic N) is 3. The van der Waals surface area contributed by atoms with E-state index in [1.54, 1.807) is 25.5 Å². The van der Waals surface area contributed by atoms with Crippen LogP contribution in [0.25, 0.3) is 5.57 Å². The van der Waals surface area contributed by atoms with Crippen molar-refractivity contribution >= 4 is 29.0 Å². The van der Waals surface area contributed by atoms with Crippen LogP contribution in [0.3, 0.4) is 0 Å². The fourth-order valence-corrected chi connectivity index (χ4v) is 3.69. The Hall–Kier alpha value is -3.19. The average Bonchev–Trinajstić information content (AvgIpc) is 3.50. The molecule has 150 valence electrons. The van der Waals surface area contributed by atoms with E-state index < -0.39 is 0 Å². The summed E-state index contributed by atoms with van der Waals surface area (Å²) in [5.74, 6) is 0.872. The van der Waals surface area contributed by atoms with E-state index in [1.807, 2.05) is 24.3 Å². The van der Waals surface area contributed by atoms with Gasteiger partial charge in [0.15, 0.2) is 0 Å². The fourth-order valence-electron chi connectivity index (χ4n) is 3.69. The third-order valence-electron chi connectivity index (χ3n) is 5.52. The van der Waals surface area contributed by atoms with E-state index in [1.165, 1.54) is 6.20 Å². The summed E-state index contributed by atoms with van der Waals surface area (Å²) in [5, 5.41) is 8.77. The summed E-state index contributed by atoms with van der Waals surface area (Å²) in [6, 6.07) is 9.37. The molecule has 1 aromatic carbocycles. The number of pyridine rings is 1. The van der Waals surface area contributed by atoms with Crippen molar-refractivity contribution in [3.05, 3.63) is 59.4 Å². The molecule has 7 heteroatoms. The van der Waals surface area contributed by atoms with Crippen molar-refractivity contribution < 1.29 is 4.74 Å². The van der Waals surface area contributed by atoms with Crippen molar-refractivity contribution in [1.29, 1.82) is 5.41 Å². The summed E-state index contributed by atoms with van der Waals surface area (Å²) >= 11 is 0. The first kappa shape index (κ1) is 19.1. The third kappa shape index (κ3) is 3.86. The first-order valence-electron chi connectivity index (χ1n) is 9.73. The molecule has 7 nitrogen and oxygen atoms in total. The number of benzene rings is 1. The first-order chi connectivity index (χ1) is 14.0. The Bertz CT molecular complexity index is 993. The Morgan fingerprint density at radius 3 is 2.83 bits per heavy atom. The Morgan fingerprint density at radius 1 is 1.28 bits per heavy atom. The van der Waals surface area contributed by atoms with Crippen molar-refractivity contribution in [2.75, 3.05) is 37.4 Å². The van der Waals surface area contributed by atoms with E-state index in [2.05, 4.69) is 14.9 Å². The van der Waals surface area contributed by atoms with Gasteiger partial charge in [0.05, 0.1) is 17.9 Å². The SMILES string of the molecule is CN=CC(=CN)c1ccc(N)c(C(=N)c2ccnc(N3CCOC4(CC4)C3)c2)c1. The monoisotopic (exact) mass is 390 g/mol. The van der Waals surface area contributed by atoms with E-state index >= 15 is 0 Å². The van der Waals surface area contributed by atoms with E-state index in [-0.39, 0.29) is 5.60 Å². The van der Waals surface area contributed by atoms with Crippen LogP contribution < -0.4 is 16.4 Å². The van der Waals surface area contributed by atoms with Crippen LogP contribution in [-0.4, -0.2) is 49.3 Å². The van der Waals surface area contributed by atoms with Gasteiger partial charge in [0.25, 0.3) is 0 Å². The highest BCUT2D eigenvalue weighted by atomic mass is 16.5. The lowest BCUT2D eigenvalue weighted by Crippen LogP contribution is -2.44. The molecule has 2 fully saturated rings. The van der Waals surface area contributed by atoms with Crippen LogP contribution in [0.15, 0.2) is 47.7 Å². The number of anilines is 2. The summed E-state index contributed by atoms with van der Waals surface area (Å²) in [6.45, 7) is 2.38. The molecule has 1 aliphatic carbocycles. The maximum Gasteiger partial charge on any atom is 0.129 e. The molecule has 2 aliphatic rings. The lowest BCUT2D eigenvalue weighted by molar-refractivity contribution is 0.0204. The van der Waals surface area contributed by atoms with Gasteiger partial charge >= 0.3 is 0 Å². The predicted molar refractivity (Wildman–Crippen MR) is 118 cm³/mol. The second-order valence-electron chi connectivity index (χ2n) is 7.54. The molecule has 0 atom stereocenters. The second-order valence-corrected chi connectivity index (χ2v) is 7.54. The molecule has 4 rings (SSSR count). The first-order valence-corrected chi connectivity index (χ1v) is 9.73. The maximum absolute atomic E-state index is 8.77. The van der Waals surface area contributed by atoms with Crippen LogP contribution in [0.2, 0.25) is 0 Å². The van der Waals surface area contributed by atoms with E-state index in [4.69, 9.17) is 21.6 Å². The number of aromatic nitrogens is 1. The zero-order chi connectivity index (χ0) is 20.4. The maximum atomic E-state index is 8.77. The summed E-state index contributed by atoms with van der Waals surface area (Å²) in [4.78, 5) is 10.8. The summed E-state index contributed by atoms with van der Waals surface area (Å²) in [6.07, 6.45) is 7.17. The number of aliphatic imine (C=N–C) groups is 1.